The maximum atomic E-state index is 12.9. The molecule has 0 amide bonds. The van der Waals surface area contributed by atoms with Gasteiger partial charge in [0, 0.05) is 49.2 Å². The number of H-pyrrole nitrogens is 1. The molecule has 2 aromatic rings. The van der Waals surface area contributed by atoms with E-state index in [0.717, 1.165) is 57.6 Å². The molecule has 0 unspecified atom stereocenters. The van der Waals surface area contributed by atoms with Crippen LogP contribution in [-0.2, 0) is 11.3 Å². The van der Waals surface area contributed by atoms with Gasteiger partial charge in [-0.15, -0.1) is 0 Å². The Labute approximate surface area is 201 Å². The summed E-state index contributed by atoms with van der Waals surface area (Å²) in [6.45, 7) is 9.93. The number of methoxy groups -OCH3 is 2. The molecule has 1 fully saturated rings. The molecule has 8 nitrogen and oxygen atoms in total. The number of nitrogens with one attached hydrogen (secondary N) is 2. The fraction of sp³-hybridized carbons (Fsp3) is 0.583. The van der Waals surface area contributed by atoms with E-state index in [4.69, 9.17) is 26.4 Å². The molecule has 0 bridgehead atoms. The second-order valence-electron chi connectivity index (χ2n) is 8.41. The maximum Gasteiger partial charge on any atom is 0.253 e. The van der Waals surface area contributed by atoms with E-state index in [1.807, 2.05) is 12.1 Å². The Morgan fingerprint density at radius 2 is 1.94 bits per heavy atom. The lowest BCUT2D eigenvalue weighted by Crippen LogP contribution is -2.45. The number of morpholine rings is 1. The van der Waals surface area contributed by atoms with Crippen LogP contribution in [0.15, 0.2) is 23.0 Å². The molecule has 1 aliphatic rings. The number of pyridine rings is 1. The third-order valence-electron chi connectivity index (χ3n) is 6.06. The van der Waals surface area contributed by atoms with Crippen molar-refractivity contribution in [1.29, 1.82) is 0 Å². The largest absolute Gasteiger partial charge is 0.493 e. The molecular formula is C24H36N4O4S. The van der Waals surface area contributed by atoms with Crippen LogP contribution in [0.25, 0.3) is 10.9 Å². The lowest BCUT2D eigenvalue weighted by atomic mass is 10.1. The van der Waals surface area contributed by atoms with E-state index in [-0.39, 0.29) is 11.6 Å². The van der Waals surface area contributed by atoms with Crippen molar-refractivity contribution < 1.29 is 14.2 Å². The molecule has 1 aromatic heterocycles. The van der Waals surface area contributed by atoms with E-state index in [2.05, 4.69) is 33.9 Å². The minimum atomic E-state index is -0.126. The number of fused-ring (bicyclic) bond motifs is 1. The highest BCUT2D eigenvalue weighted by Crippen LogP contribution is 2.31. The Hall–Kier alpha value is -2.36. The predicted molar refractivity (Wildman–Crippen MR) is 135 cm³/mol. The molecule has 33 heavy (non-hydrogen) atoms. The average molecular weight is 477 g/mol. The molecule has 0 spiro atoms. The highest BCUT2D eigenvalue weighted by atomic mass is 32.1. The van der Waals surface area contributed by atoms with Gasteiger partial charge in [0.05, 0.1) is 39.5 Å². The quantitative estimate of drug-likeness (QED) is 0.507. The third-order valence-corrected chi connectivity index (χ3v) is 6.44. The fourth-order valence-corrected chi connectivity index (χ4v) is 4.22. The molecule has 0 aliphatic carbocycles. The summed E-state index contributed by atoms with van der Waals surface area (Å²) in [5, 5.41) is 4.97. The summed E-state index contributed by atoms with van der Waals surface area (Å²) in [6.07, 6.45) is 1.93. The van der Waals surface area contributed by atoms with Gasteiger partial charge in [-0.1, -0.05) is 6.92 Å². The zero-order valence-corrected chi connectivity index (χ0v) is 20.9. The highest BCUT2D eigenvalue weighted by molar-refractivity contribution is 7.80. The summed E-state index contributed by atoms with van der Waals surface area (Å²) in [4.78, 5) is 20.4. The molecule has 2 N–H and O–H groups in total. The molecule has 2 heterocycles. The summed E-state index contributed by atoms with van der Waals surface area (Å²) in [5.74, 6) is 1.20. The first-order valence-electron chi connectivity index (χ1n) is 11.6. The van der Waals surface area contributed by atoms with Crippen LogP contribution in [0.4, 0.5) is 0 Å². The molecule has 182 valence electrons. The first kappa shape index (κ1) is 25.3. The SMILES string of the molecule is CC[C@@H](C)NC(=S)N(CCCN1CCOCC1)Cc1cc2cc(OC)c(OC)cc2[nH]c1=O. The van der Waals surface area contributed by atoms with Crippen LogP contribution in [0, 0.1) is 0 Å². The van der Waals surface area contributed by atoms with Crippen LogP contribution >= 0.6 is 12.2 Å². The van der Waals surface area contributed by atoms with Crippen molar-refractivity contribution in [2.75, 3.05) is 53.6 Å². The van der Waals surface area contributed by atoms with E-state index < -0.39 is 0 Å². The smallest absolute Gasteiger partial charge is 0.253 e. The highest BCUT2D eigenvalue weighted by Gasteiger charge is 2.17. The van der Waals surface area contributed by atoms with Crippen LogP contribution in [-0.4, -0.2) is 79.6 Å². The normalized spacial score (nSPS) is 15.3. The predicted octanol–water partition coefficient (Wildman–Crippen LogP) is 2.74. The van der Waals surface area contributed by atoms with Gasteiger partial charge >= 0.3 is 0 Å². The summed E-state index contributed by atoms with van der Waals surface area (Å²) < 4.78 is 16.2. The van der Waals surface area contributed by atoms with Crippen molar-refractivity contribution in [1.82, 2.24) is 20.1 Å². The van der Waals surface area contributed by atoms with Crippen molar-refractivity contribution in [2.24, 2.45) is 0 Å². The van der Waals surface area contributed by atoms with E-state index in [1.54, 1.807) is 20.3 Å². The second-order valence-corrected chi connectivity index (χ2v) is 8.79. The number of aromatic amines is 1. The van der Waals surface area contributed by atoms with Crippen molar-refractivity contribution in [3.63, 3.8) is 0 Å². The molecule has 9 heteroatoms. The monoisotopic (exact) mass is 476 g/mol. The number of hydrogen-bond donors (Lipinski definition) is 2. The lowest BCUT2D eigenvalue weighted by molar-refractivity contribution is 0.0367. The van der Waals surface area contributed by atoms with Gasteiger partial charge in [0.15, 0.2) is 16.6 Å². The number of ether oxygens (including phenoxy) is 3. The van der Waals surface area contributed by atoms with Crippen LogP contribution in [0.5, 0.6) is 11.5 Å². The molecule has 1 aliphatic heterocycles. The first-order chi connectivity index (χ1) is 15.9. The van der Waals surface area contributed by atoms with Gasteiger partial charge in [0.1, 0.15) is 0 Å². The van der Waals surface area contributed by atoms with E-state index in [0.29, 0.717) is 34.2 Å². The minimum Gasteiger partial charge on any atom is -0.493 e. The molecule has 1 saturated heterocycles. The molecule has 1 aromatic carbocycles. The van der Waals surface area contributed by atoms with E-state index in [9.17, 15) is 4.79 Å². The maximum absolute atomic E-state index is 12.9. The summed E-state index contributed by atoms with van der Waals surface area (Å²) in [5.41, 5.74) is 1.24. The van der Waals surface area contributed by atoms with Gasteiger partial charge < -0.3 is 29.4 Å². The van der Waals surface area contributed by atoms with Gasteiger partial charge in [0.25, 0.3) is 5.56 Å². The molecule has 0 saturated carbocycles. The topological polar surface area (TPSA) is 79.1 Å². The van der Waals surface area contributed by atoms with Gasteiger partial charge in [-0.3, -0.25) is 9.69 Å². The van der Waals surface area contributed by atoms with Crippen LogP contribution in [0.2, 0.25) is 0 Å². The minimum absolute atomic E-state index is 0.126. The van der Waals surface area contributed by atoms with Crippen molar-refractivity contribution in [3.05, 3.63) is 34.1 Å². The summed E-state index contributed by atoms with van der Waals surface area (Å²) in [7, 11) is 3.18. The summed E-state index contributed by atoms with van der Waals surface area (Å²) >= 11 is 5.73. The second kappa shape index (κ2) is 12.2. The number of hydrogen-bond acceptors (Lipinski definition) is 6. The van der Waals surface area contributed by atoms with Crippen LogP contribution in [0.3, 0.4) is 0 Å². The van der Waals surface area contributed by atoms with Crippen molar-refractivity contribution in [3.8, 4) is 11.5 Å². The van der Waals surface area contributed by atoms with Crippen molar-refractivity contribution in [2.45, 2.75) is 39.3 Å². The van der Waals surface area contributed by atoms with E-state index >= 15 is 0 Å². The van der Waals surface area contributed by atoms with Gasteiger partial charge in [0.2, 0.25) is 0 Å². The van der Waals surface area contributed by atoms with Gasteiger partial charge in [-0.25, -0.2) is 0 Å². The third kappa shape index (κ3) is 6.82. The van der Waals surface area contributed by atoms with Crippen molar-refractivity contribution >= 4 is 28.2 Å². The Bertz CT molecular complexity index is 990. The van der Waals surface area contributed by atoms with Gasteiger partial charge in [-0.2, -0.15) is 0 Å². The zero-order valence-electron chi connectivity index (χ0n) is 20.1. The molecule has 0 radical (unpaired) electrons. The Morgan fingerprint density at radius 1 is 1.24 bits per heavy atom. The Balaban J connectivity index is 1.79. The standard InChI is InChI=1S/C24H36N4O4S/c1-5-17(2)25-24(33)28(8-6-7-27-9-11-32-12-10-27)16-19-13-18-14-21(30-3)22(31-4)15-20(18)26-23(19)29/h13-15,17H,5-12,16H2,1-4H3,(H,25,33)(H,26,29)/t17-/m1/s1. The Morgan fingerprint density at radius 3 is 2.61 bits per heavy atom. The fourth-order valence-electron chi connectivity index (χ4n) is 3.87. The average Bonchev–Trinajstić information content (AvgIpc) is 2.83. The molecule has 1 atom stereocenters. The number of nitrogens with zero attached hydrogens (tertiary/aromatic N) is 2. The lowest BCUT2D eigenvalue weighted by Gasteiger charge is -2.30. The molecular weight excluding hydrogens is 440 g/mol. The Kier molecular flexibility index (Phi) is 9.34. The van der Waals surface area contributed by atoms with E-state index in [1.165, 1.54) is 0 Å². The van der Waals surface area contributed by atoms with Crippen LogP contribution in [0.1, 0.15) is 32.3 Å². The van der Waals surface area contributed by atoms with Gasteiger partial charge in [-0.05, 0) is 44.1 Å². The number of rotatable bonds is 10. The summed E-state index contributed by atoms with van der Waals surface area (Å²) in [6, 6.07) is 5.85. The number of benzene rings is 1. The first-order valence-corrected chi connectivity index (χ1v) is 12.0. The number of aromatic nitrogens is 1. The zero-order chi connectivity index (χ0) is 23.8. The van der Waals surface area contributed by atoms with Crippen LogP contribution < -0.4 is 20.3 Å². The number of thiocarbonyl (C=S) groups is 1. The molecule has 3 rings (SSSR count).